The maximum atomic E-state index is 13.4. The molecule has 3 heterocycles. The molecular weight excluding hydrogens is 464 g/mol. The van der Waals surface area contributed by atoms with E-state index < -0.39 is 0 Å². The molecule has 2 aromatic heterocycles. The monoisotopic (exact) mass is 498 g/mol. The van der Waals surface area contributed by atoms with Gasteiger partial charge in [-0.15, -0.1) is 0 Å². The van der Waals surface area contributed by atoms with Gasteiger partial charge in [0.25, 0.3) is 5.91 Å². The van der Waals surface area contributed by atoms with Crippen LogP contribution in [0, 0.1) is 0 Å². The molecule has 0 spiro atoms. The zero-order valence-corrected chi connectivity index (χ0v) is 21.6. The molecule has 0 unspecified atom stereocenters. The van der Waals surface area contributed by atoms with Crippen LogP contribution >= 0.6 is 0 Å². The van der Waals surface area contributed by atoms with Crippen molar-refractivity contribution in [2.24, 2.45) is 7.05 Å². The predicted molar refractivity (Wildman–Crippen MR) is 134 cm³/mol. The van der Waals surface area contributed by atoms with Crippen LogP contribution in [0.2, 0.25) is 0 Å². The number of aryl methyl sites for hydroxylation is 1. The largest absolute Gasteiger partial charge is 0.497 e. The van der Waals surface area contributed by atoms with Crippen molar-refractivity contribution >= 4 is 5.91 Å². The van der Waals surface area contributed by atoms with Gasteiger partial charge < -0.3 is 19.1 Å². The molecule has 11 nitrogen and oxygen atoms in total. The summed E-state index contributed by atoms with van der Waals surface area (Å²) >= 11 is 0. The summed E-state index contributed by atoms with van der Waals surface area (Å²) < 4.78 is 20.8. The van der Waals surface area contributed by atoms with Crippen molar-refractivity contribution in [2.45, 2.75) is 38.8 Å². The number of ether oxygens (including phenoxy) is 3. The van der Waals surface area contributed by atoms with Gasteiger partial charge in [-0.25, -0.2) is 9.48 Å². The second-order valence-electron chi connectivity index (χ2n) is 8.77. The normalized spacial score (nSPS) is 14.3. The third kappa shape index (κ3) is 4.88. The lowest BCUT2D eigenvalue weighted by molar-refractivity contribution is 0.0699. The predicted octanol–water partition coefficient (Wildman–Crippen LogP) is 2.15. The van der Waals surface area contributed by atoms with E-state index >= 15 is 0 Å². The van der Waals surface area contributed by atoms with E-state index in [1.807, 2.05) is 30.0 Å². The van der Waals surface area contributed by atoms with Crippen molar-refractivity contribution in [3.05, 3.63) is 46.3 Å². The van der Waals surface area contributed by atoms with E-state index in [9.17, 15) is 9.59 Å². The number of methoxy groups -OCH3 is 3. The summed E-state index contributed by atoms with van der Waals surface area (Å²) in [6.07, 6.45) is 1.47. The van der Waals surface area contributed by atoms with Gasteiger partial charge in [0.1, 0.15) is 23.0 Å². The van der Waals surface area contributed by atoms with Gasteiger partial charge in [-0.05, 0) is 44.0 Å². The number of likely N-dealkylation sites (tertiary alicyclic amines) is 1. The molecule has 1 saturated heterocycles. The molecule has 0 atom stereocenters. The van der Waals surface area contributed by atoms with Gasteiger partial charge in [-0.3, -0.25) is 14.0 Å². The zero-order chi connectivity index (χ0) is 25.8. The maximum Gasteiger partial charge on any atom is 0.345 e. The average molecular weight is 499 g/mol. The zero-order valence-electron chi connectivity index (χ0n) is 21.6. The van der Waals surface area contributed by atoms with E-state index in [0.717, 1.165) is 24.2 Å². The third-order valence-corrected chi connectivity index (χ3v) is 6.70. The fraction of sp³-hybridized carbons (Fsp3) is 0.520. The number of piperidine rings is 1. The number of carbonyl (C=O) groups excluding carboxylic acids is 1. The molecule has 11 heteroatoms. The number of rotatable bonds is 9. The second-order valence-corrected chi connectivity index (χ2v) is 8.77. The molecule has 1 aliphatic heterocycles. The minimum absolute atomic E-state index is 0.0740. The molecule has 194 valence electrons. The van der Waals surface area contributed by atoms with Crippen LogP contribution in [0.3, 0.4) is 0 Å². The lowest BCUT2D eigenvalue weighted by Gasteiger charge is -2.31. The molecular formula is C25H34N6O5. The first kappa shape index (κ1) is 25.5. The van der Waals surface area contributed by atoms with E-state index in [2.05, 4.69) is 10.2 Å². The molecule has 0 aliphatic carbocycles. The highest BCUT2D eigenvalue weighted by Gasteiger charge is 2.30. The molecule has 0 radical (unpaired) electrons. The van der Waals surface area contributed by atoms with Crippen LogP contribution in [0.1, 0.15) is 42.0 Å². The fourth-order valence-corrected chi connectivity index (χ4v) is 4.70. The number of hydrogen-bond donors (Lipinski definition) is 0. The Balaban J connectivity index is 1.50. The molecule has 1 fully saturated rings. The number of carbonyl (C=O) groups is 1. The van der Waals surface area contributed by atoms with Gasteiger partial charge in [-0.2, -0.15) is 10.2 Å². The van der Waals surface area contributed by atoms with E-state index in [1.54, 1.807) is 43.7 Å². The highest BCUT2D eigenvalue weighted by Crippen LogP contribution is 2.33. The molecule has 1 aromatic carbocycles. The quantitative estimate of drug-likeness (QED) is 0.445. The first-order chi connectivity index (χ1) is 17.4. The maximum absolute atomic E-state index is 13.4. The van der Waals surface area contributed by atoms with Crippen LogP contribution in [0.4, 0.5) is 0 Å². The minimum Gasteiger partial charge on any atom is -0.497 e. The highest BCUT2D eigenvalue weighted by molar-refractivity contribution is 5.94. The van der Waals surface area contributed by atoms with Gasteiger partial charge in [0.05, 0.1) is 33.1 Å². The Bertz CT molecular complexity index is 1270. The van der Waals surface area contributed by atoms with Gasteiger partial charge in [0, 0.05) is 45.3 Å². The number of nitrogens with zero attached hydrogens (tertiary/aromatic N) is 6. The summed E-state index contributed by atoms with van der Waals surface area (Å²) in [6, 6.07) is 7.28. The molecule has 1 amide bonds. The Hall–Kier alpha value is -3.60. The summed E-state index contributed by atoms with van der Waals surface area (Å²) in [4.78, 5) is 27.9. The Morgan fingerprint density at radius 2 is 1.83 bits per heavy atom. The van der Waals surface area contributed by atoms with E-state index in [0.29, 0.717) is 55.7 Å². The summed E-state index contributed by atoms with van der Waals surface area (Å²) in [5.41, 5.74) is 1.79. The van der Waals surface area contributed by atoms with Gasteiger partial charge in [-0.1, -0.05) is 0 Å². The van der Waals surface area contributed by atoms with Crippen LogP contribution in [-0.4, -0.2) is 76.0 Å². The van der Waals surface area contributed by atoms with Gasteiger partial charge in [0.2, 0.25) is 0 Å². The topological polar surface area (TPSA) is 106 Å². The minimum atomic E-state index is -0.113. The van der Waals surface area contributed by atoms with Crippen LogP contribution in [0.5, 0.6) is 11.5 Å². The van der Waals surface area contributed by atoms with Gasteiger partial charge in [0.15, 0.2) is 0 Å². The second kappa shape index (κ2) is 11.0. The van der Waals surface area contributed by atoms with Crippen molar-refractivity contribution in [1.29, 1.82) is 0 Å². The highest BCUT2D eigenvalue weighted by atomic mass is 16.5. The SMILES string of the molecule is CCn1c(C2CCN(C(=O)c3cc(-c4cc(OC)ccc4OC)nn3C)CC2)nn(CCOC)c1=O. The molecule has 1 aliphatic rings. The Morgan fingerprint density at radius 3 is 2.47 bits per heavy atom. The molecule has 36 heavy (non-hydrogen) atoms. The Kier molecular flexibility index (Phi) is 7.78. The molecule has 0 saturated carbocycles. The average Bonchev–Trinajstić information content (AvgIpc) is 3.45. The van der Waals surface area contributed by atoms with Crippen LogP contribution in [0.25, 0.3) is 11.3 Å². The third-order valence-electron chi connectivity index (χ3n) is 6.70. The first-order valence-electron chi connectivity index (χ1n) is 12.1. The molecule has 0 bridgehead atoms. The Morgan fingerprint density at radius 1 is 1.08 bits per heavy atom. The van der Waals surface area contributed by atoms with Crippen LogP contribution in [0.15, 0.2) is 29.1 Å². The summed E-state index contributed by atoms with van der Waals surface area (Å²) in [7, 11) is 6.58. The molecule has 3 aromatic rings. The molecule has 0 N–H and O–H groups in total. The number of hydrogen-bond acceptors (Lipinski definition) is 7. The Labute approximate surface area is 210 Å². The summed E-state index contributed by atoms with van der Waals surface area (Å²) in [5, 5.41) is 9.17. The standard InChI is InChI=1S/C25H34N6O5/c1-6-30-23(27-31(25(30)33)13-14-34-3)17-9-11-29(12-10-17)24(32)21-16-20(26-28(21)2)19-15-18(35-4)7-8-22(19)36-5/h7-8,15-17H,6,9-14H2,1-5H3. The summed E-state index contributed by atoms with van der Waals surface area (Å²) in [5.74, 6) is 2.17. The lowest BCUT2D eigenvalue weighted by atomic mass is 9.95. The molecule has 4 rings (SSSR count). The van der Waals surface area contributed by atoms with E-state index in [4.69, 9.17) is 14.2 Å². The van der Waals surface area contributed by atoms with Crippen molar-refractivity contribution in [3.8, 4) is 22.8 Å². The van der Waals surface area contributed by atoms with E-state index in [-0.39, 0.29) is 17.5 Å². The van der Waals surface area contributed by atoms with Crippen LogP contribution < -0.4 is 15.2 Å². The van der Waals surface area contributed by atoms with Crippen molar-refractivity contribution < 1.29 is 19.0 Å². The number of benzene rings is 1. The van der Waals surface area contributed by atoms with E-state index in [1.165, 1.54) is 4.68 Å². The van der Waals surface area contributed by atoms with Crippen molar-refractivity contribution in [1.82, 2.24) is 29.0 Å². The number of aromatic nitrogens is 5. The van der Waals surface area contributed by atoms with Crippen molar-refractivity contribution in [3.63, 3.8) is 0 Å². The first-order valence-corrected chi connectivity index (χ1v) is 12.1. The fourth-order valence-electron chi connectivity index (χ4n) is 4.70. The summed E-state index contributed by atoms with van der Waals surface area (Å²) in [6.45, 7) is 4.52. The number of amides is 1. The van der Waals surface area contributed by atoms with Gasteiger partial charge >= 0.3 is 5.69 Å². The van der Waals surface area contributed by atoms with Crippen molar-refractivity contribution in [2.75, 3.05) is 41.0 Å². The lowest BCUT2D eigenvalue weighted by Crippen LogP contribution is -2.39. The smallest absolute Gasteiger partial charge is 0.345 e. The van der Waals surface area contributed by atoms with Crippen LogP contribution in [-0.2, 0) is 24.9 Å².